The number of aromatic amines is 1. The Morgan fingerprint density at radius 3 is 2.52 bits per heavy atom. The Bertz CT molecular complexity index is 1240. The second kappa shape index (κ2) is 10.3. The van der Waals surface area contributed by atoms with Gasteiger partial charge in [-0.2, -0.15) is 0 Å². The number of carbonyl (C=O) groups excluding carboxylic acids is 1. The monoisotopic (exact) mass is 454 g/mol. The molecular formula is C21H22N6O6. The van der Waals surface area contributed by atoms with Gasteiger partial charge in [0, 0.05) is 17.7 Å². The van der Waals surface area contributed by atoms with E-state index in [0.29, 0.717) is 17.2 Å². The van der Waals surface area contributed by atoms with Gasteiger partial charge in [-0.25, -0.2) is 19.7 Å². The number of benzene rings is 1. The number of carboxylic acids is 2. The quantitative estimate of drug-likeness (QED) is 0.296. The van der Waals surface area contributed by atoms with Crippen molar-refractivity contribution in [3.8, 4) is 0 Å². The van der Waals surface area contributed by atoms with Crippen molar-refractivity contribution in [2.45, 2.75) is 38.8 Å². The lowest BCUT2D eigenvalue weighted by Gasteiger charge is -2.14. The van der Waals surface area contributed by atoms with Crippen molar-refractivity contribution in [3.05, 3.63) is 57.9 Å². The molecule has 3 rings (SSSR count). The van der Waals surface area contributed by atoms with E-state index < -0.39 is 23.9 Å². The minimum atomic E-state index is -1.23. The number of H-pyrrole nitrogens is 1. The van der Waals surface area contributed by atoms with Gasteiger partial charge < -0.3 is 25.8 Å². The largest absolute Gasteiger partial charge is 0.481 e. The summed E-state index contributed by atoms with van der Waals surface area (Å²) in [5.41, 5.74) is 1.47. The number of aliphatic carboxylic acids is 2. The first-order valence-electron chi connectivity index (χ1n) is 10.0. The van der Waals surface area contributed by atoms with Crippen LogP contribution in [0.4, 0.5) is 5.69 Å². The van der Waals surface area contributed by atoms with Gasteiger partial charge in [-0.05, 0) is 44.0 Å². The summed E-state index contributed by atoms with van der Waals surface area (Å²) in [7, 11) is 0. The number of hydrogen-bond donors (Lipinski definition) is 5. The molecule has 0 saturated carbocycles. The average Bonchev–Trinajstić information content (AvgIpc) is 2.77. The molecule has 2 heterocycles. The maximum Gasteiger partial charge on any atom is 0.326 e. The van der Waals surface area contributed by atoms with E-state index >= 15 is 0 Å². The topological polar surface area (TPSA) is 187 Å². The van der Waals surface area contributed by atoms with Crippen LogP contribution in [0.2, 0.25) is 0 Å². The normalized spacial score (nSPS) is 11.7. The van der Waals surface area contributed by atoms with Crippen molar-refractivity contribution in [3.63, 3.8) is 0 Å². The van der Waals surface area contributed by atoms with Crippen LogP contribution in [0.5, 0.6) is 0 Å². The lowest BCUT2D eigenvalue weighted by atomic mass is 10.1. The minimum Gasteiger partial charge on any atom is -0.481 e. The van der Waals surface area contributed by atoms with Gasteiger partial charge >= 0.3 is 11.9 Å². The predicted molar refractivity (Wildman–Crippen MR) is 117 cm³/mol. The van der Waals surface area contributed by atoms with E-state index in [1.165, 1.54) is 18.3 Å². The highest BCUT2D eigenvalue weighted by molar-refractivity contribution is 5.96. The number of carboxylic acid groups (broad SMARTS) is 2. The van der Waals surface area contributed by atoms with E-state index in [0.717, 1.165) is 0 Å². The molecule has 2 aromatic heterocycles. The summed E-state index contributed by atoms with van der Waals surface area (Å²) >= 11 is 0. The highest BCUT2D eigenvalue weighted by Gasteiger charge is 2.20. The zero-order valence-corrected chi connectivity index (χ0v) is 17.7. The standard InChI is InChI=1S/C21H22N6O6/c1-11-24-18-17(20(31)25-11)26-14(10-23-18)9-22-13-7-5-12(6-8-13)19(30)27-15(21(32)33)3-2-4-16(28)29/h5-8,10,15,22H,2-4,9H2,1H3,(H,27,30)(H,28,29)(H,32,33)(H,23,24,25,31). The molecule has 0 bridgehead atoms. The molecule has 0 spiro atoms. The van der Waals surface area contributed by atoms with Crippen molar-refractivity contribution in [2.75, 3.05) is 5.32 Å². The third-order valence-electron chi connectivity index (χ3n) is 4.69. The fraction of sp³-hybridized carbons (Fsp3) is 0.286. The summed E-state index contributed by atoms with van der Waals surface area (Å²) in [5, 5.41) is 23.4. The zero-order chi connectivity index (χ0) is 24.0. The smallest absolute Gasteiger partial charge is 0.326 e. The molecule has 0 saturated heterocycles. The van der Waals surface area contributed by atoms with Crippen molar-refractivity contribution in [1.82, 2.24) is 25.3 Å². The molecule has 0 aliphatic rings. The minimum absolute atomic E-state index is 0.0116. The van der Waals surface area contributed by atoms with E-state index in [1.54, 1.807) is 19.1 Å². The molecular weight excluding hydrogens is 432 g/mol. The van der Waals surface area contributed by atoms with E-state index in [-0.39, 0.29) is 48.1 Å². The summed E-state index contributed by atoms with van der Waals surface area (Å²) in [6.45, 7) is 1.93. The number of fused-ring (bicyclic) bond motifs is 1. The lowest BCUT2D eigenvalue weighted by Crippen LogP contribution is -2.40. The number of aryl methyl sites for hydroxylation is 1. The molecule has 0 aliphatic heterocycles. The predicted octanol–water partition coefficient (Wildman–Crippen LogP) is 1.07. The van der Waals surface area contributed by atoms with Crippen LogP contribution in [0.3, 0.4) is 0 Å². The summed E-state index contributed by atoms with van der Waals surface area (Å²) in [6, 6.07) is 5.15. The van der Waals surface area contributed by atoms with Gasteiger partial charge in [-0.1, -0.05) is 0 Å². The number of aromatic nitrogens is 4. The molecule has 12 nitrogen and oxygen atoms in total. The van der Waals surface area contributed by atoms with Crippen LogP contribution >= 0.6 is 0 Å². The highest BCUT2D eigenvalue weighted by Crippen LogP contribution is 2.12. The Labute approximate surface area is 187 Å². The summed E-state index contributed by atoms with van der Waals surface area (Å²) < 4.78 is 0. The van der Waals surface area contributed by atoms with Gasteiger partial charge in [-0.15, -0.1) is 0 Å². The number of rotatable bonds is 10. The third-order valence-corrected chi connectivity index (χ3v) is 4.69. The number of anilines is 1. The number of carbonyl (C=O) groups is 3. The van der Waals surface area contributed by atoms with E-state index in [2.05, 4.69) is 30.6 Å². The first-order chi connectivity index (χ1) is 15.7. The first-order valence-corrected chi connectivity index (χ1v) is 10.0. The van der Waals surface area contributed by atoms with Crippen molar-refractivity contribution < 1.29 is 24.6 Å². The van der Waals surface area contributed by atoms with Crippen LogP contribution in [-0.4, -0.2) is 54.0 Å². The van der Waals surface area contributed by atoms with Crippen LogP contribution in [-0.2, 0) is 16.1 Å². The Kier molecular flexibility index (Phi) is 7.28. The second-order valence-electron chi connectivity index (χ2n) is 7.27. The van der Waals surface area contributed by atoms with Crippen molar-refractivity contribution in [1.29, 1.82) is 0 Å². The fourth-order valence-corrected chi connectivity index (χ4v) is 3.04. The third kappa shape index (κ3) is 6.32. The van der Waals surface area contributed by atoms with Crippen LogP contribution in [0.15, 0.2) is 35.3 Å². The Hall–Kier alpha value is -4.35. The van der Waals surface area contributed by atoms with Gasteiger partial charge in [0.15, 0.2) is 11.2 Å². The molecule has 33 heavy (non-hydrogen) atoms. The number of hydrogen-bond acceptors (Lipinski definition) is 8. The summed E-state index contributed by atoms with van der Waals surface area (Å²) in [4.78, 5) is 61.4. The second-order valence-corrected chi connectivity index (χ2v) is 7.27. The number of nitrogens with zero attached hydrogens (tertiary/aromatic N) is 3. The molecule has 3 aromatic rings. The lowest BCUT2D eigenvalue weighted by molar-refractivity contribution is -0.140. The molecule has 5 N–H and O–H groups in total. The fourth-order valence-electron chi connectivity index (χ4n) is 3.04. The molecule has 172 valence electrons. The molecule has 0 fully saturated rings. The molecule has 0 aliphatic carbocycles. The van der Waals surface area contributed by atoms with E-state index in [1.807, 2.05) is 0 Å². The summed E-state index contributed by atoms with van der Waals surface area (Å²) in [5.74, 6) is -2.38. The Morgan fingerprint density at radius 2 is 1.85 bits per heavy atom. The molecule has 1 aromatic carbocycles. The Morgan fingerprint density at radius 1 is 1.12 bits per heavy atom. The van der Waals surface area contributed by atoms with E-state index in [9.17, 15) is 24.3 Å². The maximum atomic E-state index is 12.4. The van der Waals surface area contributed by atoms with Gasteiger partial charge in [-0.3, -0.25) is 14.4 Å². The number of nitrogens with one attached hydrogen (secondary N) is 3. The van der Waals surface area contributed by atoms with Crippen LogP contribution in [0.1, 0.15) is 41.1 Å². The first kappa shape index (κ1) is 23.3. The maximum absolute atomic E-state index is 12.4. The van der Waals surface area contributed by atoms with Gasteiger partial charge in [0.25, 0.3) is 11.5 Å². The molecule has 1 amide bonds. The van der Waals surface area contributed by atoms with E-state index in [4.69, 9.17) is 5.11 Å². The molecule has 1 unspecified atom stereocenters. The van der Waals surface area contributed by atoms with Gasteiger partial charge in [0.2, 0.25) is 0 Å². The Balaban J connectivity index is 1.60. The van der Waals surface area contributed by atoms with Crippen molar-refractivity contribution >= 4 is 34.7 Å². The highest BCUT2D eigenvalue weighted by atomic mass is 16.4. The molecule has 12 heteroatoms. The molecule has 0 radical (unpaired) electrons. The van der Waals surface area contributed by atoms with Gasteiger partial charge in [0.1, 0.15) is 11.9 Å². The van der Waals surface area contributed by atoms with Gasteiger partial charge in [0.05, 0.1) is 18.4 Å². The summed E-state index contributed by atoms with van der Waals surface area (Å²) in [6.07, 6.45) is 1.48. The number of amides is 1. The van der Waals surface area contributed by atoms with Crippen LogP contribution in [0.25, 0.3) is 11.2 Å². The average molecular weight is 454 g/mol. The van der Waals surface area contributed by atoms with Crippen LogP contribution < -0.4 is 16.2 Å². The molecule has 1 atom stereocenters. The zero-order valence-electron chi connectivity index (χ0n) is 17.7. The van der Waals surface area contributed by atoms with Crippen LogP contribution in [0, 0.1) is 6.92 Å². The van der Waals surface area contributed by atoms with Crippen molar-refractivity contribution in [2.24, 2.45) is 0 Å². The SMILES string of the molecule is Cc1nc2ncc(CNc3ccc(C(=O)NC(CCCC(=O)O)C(=O)O)cc3)nc2c(=O)[nH]1.